The Bertz CT molecular complexity index is 625. The molecular weight excluding hydrogens is 289 g/mol. The van der Waals surface area contributed by atoms with E-state index in [-0.39, 0.29) is 5.02 Å². The van der Waals surface area contributed by atoms with Crippen molar-refractivity contribution < 1.29 is 4.39 Å². The second kappa shape index (κ2) is 5.82. The minimum atomic E-state index is -0.471. The van der Waals surface area contributed by atoms with E-state index in [0.29, 0.717) is 5.69 Å². The molecule has 110 valence electrons. The highest BCUT2D eigenvalue weighted by molar-refractivity contribution is 6.31. The number of hydrogen-bond donors (Lipinski definition) is 1. The molecule has 1 heterocycles. The van der Waals surface area contributed by atoms with E-state index in [4.69, 9.17) is 17.3 Å². The van der Waals surface area contributed by atoms with Crippen molar-refractivity contribution >= 4 is 28.7 Å². The number of benzene rings is 2. The van der Waals surface area contributed by atoms with Crippen LogP contribution in [0.25, 0.3) is 0 Å². The number of nitrogen functional groups attached to an aromatic ring is 1. The number of hydrogen-bond acceptors (Lipinski definition) is 3. The monoisotopic (exact) mass is 305 g/mol. The van der Waals surface area contributed by atoms with Gasteiger partial charge in [-0.25, -0.2) is 4.39 Å². The summed E-state index contributed by atoms with van der Waals surface area (Å²) in [5.41, 5.74) is 8.39. The van der Waals surface area contributed by atoms with E-state index < -0.39 is 5.82 Å². The zero-order chi connectivity index (χ0) is 14.8. The van der Waals surface area contributed by atoms with Crippen LogP contribution in [0.2, 0.25) is 5.02 Å². The minimum absolute atomic E-state index is 0.115. The number of rotatable bonds is 2. The van der Waals surface area contributed by atoms with Gasteiger partial charge in [0.25, 0.3) is 0 Å². The van der Waals surface area contributed by atoms with Crippen LogP contribution in [-0.4, -0.2) is 26.2 Å². The van der Waals surface area contributed by atoms with Crippen molar-refractivity contribution in [1.82, 2.24) is 0 Å². The van der Waals surface area contributed by atoms with E-state index in [9.17, 15) is 4.39 Å². The predicted octanol–water partition coefficient (Wildman–Crippen LogP) is 3.39. The Morgan fingerprint density at radius 1 is 0.952 bits per heavy atom. The summed E-state index contributed by atoms with van der Waals surface area (Å²) >= 11 is 5.86. The Labute approximate surface area is 128 Å². The van der Waals surface area contributed by atoms with Crippen LogP contribution in [0.5, 0.6) is 0 Å². The van der Waals surface area contributed by atoms with Gasteiger partial charge in [-0.1, -0.05) is 29.8 Å². The number of anilines is 3. The van der Waals surface area contributed by atoms with Gasteiger partial charge in [0.1, 0.15) is 5.82 Å². The Morgan fingerprint density at radius 2 is 1.57 bits per heavy atom. The molecule has 0 bridgehead atoms. The van der Waals surface area contributed by atoms with Crippen LogP contribution >= 0.6 is 11.6 Å². The topological polar surface area (TPSA) is 32.5 Å². The lowest BCUT2D eigenvalue weighted by Gasteiger charge is -2.37. The molecule has 0 atom stereocenters. The Morgan fingerprint density at radius 3 is 2.24 bits per heavy atom. The number of para-hydroxylation sites is 1. The first-order valence-electron chi connectivity index (χ1n) is 6.94. The van der Waals surface area contributed by atoms with Gasteiger partial charge in [0.15, 0.2) is 0 Å². The highest BCUT2D eigenvalue weighted by atomic mass is 35.5. The molecule has 0 unspecified atom stereocenters. The first kappa shape index (κ1) is 14.0. The molecule has 2 N–H and O–H groups in total. The zero-order valence-corrected chi connectivity index (χ0v) is 12.4. The lowest BCUT2D eigenvalue weighted by atomic mass is 10.2. The van der Waals surface area contributed by atoms with Crippen LogP contribution in [0.3, 0.4) is 0 Å². The predicted molar refractivity (Wildman–Crippen MR) is 86.7 cm³/mol. The summed E-state index contributed by atoms with van der Waals surface area (Å²) in [5, 5.41) is 0.115. The van der Waals surface area contributed by atoms with E-state index in [2.05, 4.69) is 21.9 Å². The summed E-state index contributed by atoms with van der Waals surface area (Å²) in [6.45, 7) is 3.47. The Hall–Kier alpha value is -1.94. The average Bonchev–Trinajstić information content (AvgIpc) is 2.52. The van der Waals surface area contributed by atoms with Gasteiger partial charge in [0.2, 0.25) is 0 Å². The van der Waals surface area contributed by atoms with Crippen LogP contribution in [0.15, 0.2) is 42.5 Å². The van der Waals surface area contributed by atoms with Crippen molar-refractivity contribution in [2.75, 3.05) is 41.7 Å². The van der Waals surface area contributed by atoms with Gasteiger partial charge in [0, 0.05) is 37.9 Å². The van der Waals surface area contributed by atoms with Crippen molar-refractivity contribution in [1.29, 1.82) is 0 Å². The lowest BCUT2D eigenvalue weighted by Crippen LogP contribution is -2.46. The van der Waals surface area contributed by atoms with Crippen molar-refractivity contribution in [3.63, 3.8) is 0 Å². The highest BCUT2D eigenvalue weighted by Gasteiger charge is 2.20. The van der Waals surface area contributed by atoms with Gasteiger partial charge in [-0.2, -0.15) is 0 Å². The van der Waals surface area contributed by atoms with E-state index in [0.717, 1.165) is 31.9 Å². The second-order valence-electron chi connectivity index (χ2n) is 5.13. The van der Waals surface area contributed by atoms with Crippen LogP contribution < -0.4 is 15.5 Å². The van der Waals surface area contributed by atoms with Crippen LogP contribution in [-0.2, 0) is 0 Å². The van der Waals surface area contributed by atoms with E-state index in [1.54, 1.807) is 6.07 Å². The molecule has 0 aliphatic carbocycles. The van der Waals surface area contributed by atoms with Gasteiger partial charge in [-0.3, -0.25) is 0 Å². The maximum atomic E-state index is 13.4. The highest BCUT2D eigenvalue weighted by Crippen LogP contribution is 2.30. The molecule has 3 nitrogen and oxygen atoms in total. The first-order valence-corrected chi connectivity index (χ1v) is 7.32. The normalized spacial score (nSPS) is 15.3. The summed E-state index contributed by atoms with van der Waals surface area (Å²) < 4.78 is 13.4. The molecule has 1 aliphatic heterocycles. The molecule has 5 heteroatoms. The molecule has 0 radical (unpaired) electrons. The quantitative estimate of drug-likeness (QED) is 0.863. The fraction of sp³-hybridized carbons (Fsp3) is 0.250. The summed E-state index contributed by atoms with van der Waals surface area (Å²) in [5.74, 6) is -0.471. The maximum Gasteiger partial charge on any atom is 0.143 e. The van der Waals surface area contributed by atoms with E-state index in [1.807, 2.05) is 18.2 Å². The smallest absolute Gasteiger partial charge is 0.143 e. The summed E-state index contributed by atoms with van der Waals surface area (Å²) in [6, 6.07) is 13.2. The maximum absolute atomic E-state index is 13.4. The Kier molecular flexibility index (Phi) is 3.88. The van der Waals surface area contributed by atoms with Crippen LogP contribution in [0.1, 0.15) is 0 Å². The minimum Gasteiger partial charge on any atom is -0.397 e. The van der Waals surface area contributed by atoms with Gasteiger partial charge in [-0.05, 0) is 18.2 Å². The van der Waals surface area contributed by atoms with Crippen molar-refractivity contribution in [3.05, 3.63) is 53.3 Å². The number of halogens is 2. The molecule has 1 fully saturated rings. The fourth-order valence-corrected chi connectivity index (χ4v) is 2.83. The average molecular weight is 306 g/mol. The number of nitrogens with zero attached hydrogens (tertiary/aromatic N) is 2. The molecule has 0 spiro atoms. The standard InChI is InChI=1S/C16H17ClFN3/c17-13-10-16(15(19)11-14(13)18)21-8-6-20(7-9-21)12-4-2-1-3-5-12/h1-5,10-11H,6-9,19H2. The fourth-order valence-electron chi connectivity index (χ4n) is 2.67. The zero-order valence-electron chi connectivity index (χ0n) is 11.6. The molecule has 1 saturated heterocycles. The third-order valence-corrected chi connectivity index (χ3v) is 4.10. The summed E-state index contributed by atoms with van der Waals surface area (Å²) in [7, 11) is 0. The molecule has 2 aromatic carbocycles. The lowest BCUT2D eigenvalue weighted by molar-refractivity contribution is 0.626. The second-order valence-corrected chi connectivity index (χ2v) is 5.54. The van der Waals surface area contributed by atoms with E-state index >= 15 is 0 Å². The molecule has 0 aromatic heterocycles. The van der Waals surface area contributed by atoms with Gasteiger partial charge >= 0.3 is 0 Å². The van der Waals surface area contributed by atoms with Crippen LogP contribution in [0.4, 0.5) is 21.5 Å². The van der Waals surface area contributed by atoms with Crippen molar-refractivity contribution in [2.24, 2.45) is 0 Å². The molecule has 21 heavy (non-hydrogen) atoms. The van der Waals surface area contributed by atoms with Gasteiger partial charge < -0.3 is 15.5 Å². The third kappa shape index (κ3) is 2.90. The number of piperazine rings is 1. The van der Waals surface area contributed by atoms with E-state index in [1.165, 1.54) is 11.8 Å². The van der Waals surface area contributed by atoms with Gasteiger partial charge in [0.05, 0.1) is 16.4 Å². The summed E-state index contributed by atoms with van der Waals surface area (Å²) in [4.78, 5) is 4.48. The molecule has 0 amide bonds. The third-order valence-electron chi connectivity index (χ3n) is 3.81. The summed E-state index contributed by atoms with van der Waals surface area (Å²) in [6.07, 6.45) is 0. The Balaban J connectivity index is 1.73. The SMILES string of the molecule is Nc1cc(F)c(Cl)cc1N1CCN(c2ccccc2)CC1. The molecule has 1 aliphatic rings. The van der Waals surface area contributed by atoms with Crippen LogP contribution in [0, 0.1) is 5.82 Å². The van der Waals surface area contributed by atoms with Gasteiger partial charge in [-0.15, -0.1) is 0 Å². The van der Waals surface area contributed by atoms with Crippen molar-refractivity contribution in [2.45, 2.75) is 0 Å². The largest absolute Gasteiger partial charge is 0.397 e. The molecule has 2 aromatic rings. The molecular formula is C16H17ClFN3. The molecule has 3 rings (SSSR count). The first-order chi connectivity index (χ1) is 10.1. The van der Waals surface area contributed by atoms with Crippen molar-refractivity contribution in [3.8, 4) is 0 Å². The molecule has 0 saturated carbocycles. The number of nitrogens with two attached hydrogens (primary N) is 1.